The molecule has 1 aliphatic carbocycles. The summed E-state index contributed by atoms with van der Waals surface area (Å²) in [4.78, 5) is 12.6. The Morgan fingerprint density at radius 2 is 1.72 bits per heavy atom. The number of allylic oxidation sites excluding steroid dienone is 1. The summed E-state index contributed by atoms with van der Waals surface area (Å²) in [6.07, 6.45) is 6.63. The van der Waals surface area contributed by atoms with Crippen LogP contribution >= 0.6 is 0 Å². The molecule has 1 aliphatic rings. The van der Waals surface area contributed by atoms with Gasteiger partial charge in [0.1, 0.15) is 12.4 Å². The second-order valence-corrected chi connectivity index (χ2v) is 8.29. The van der Waals surface area contributed by atoms with Crippen molar-refractivity contribution in [1.82, 2.24) is 0 Å². The van der Waals surface area contributed by atoms with Gasteiger partial charge in [-0.25, -0.2) is 0 Å². The summed E-state index contributed by atoms with van der Waals surface area (Å²) < 4.78 is 11.2. The van der Waals surface area contributed by atoms with Crippen LogP contribution < -0.4 is 0 Å². The Kier molecular flexibility index (Phi) is 5.39. The molecule has 148 valence electrons. The monoisotopic (exact) mass is 386 g/mol. The molecule has 0 aliphatic heterocycles. The van der Waals surface area contributed by atoms with Gasteiger partial charge in [0.05, 0.1) is 12.2 Å². The molecule has 3 nitrogen and oxygen atoms in total. The van der Waals surface area contributed by atoms with Gasteiger partial charge in [-0.3, -0.25) is 4.79 Å². The van der Waals surface area contributed by atoms with E-state index in [9.17, 15) is 4.79 Å². The summed E-state index contributed by atoms with van der Waals surface area (Å²) in [6, 6.07) is 22.3. The molecule has 0 spiro atoms. The van der Waals surface area contributed by atoms with E-state index < -0.39 is 0 Å². The van der Waals surface area contributed by atoms with Crippen molar-refractivity contribution in [2.24, 2.45) is 17.3 Å². The van der Waals surface area contributed by atoms with Crippen molar-refractivity contribution in [1.29, 1.82) is 0 Å². The van der Waals surface area contributed by atoms with Crippen molar-refractivity contribution in [3.05, 3.63) is 102 Å². The second kappa shape index (κ2) is 8.12. The van der Waals surface area contributed by atoms with Gasteiger partial charge in [-0.2, -0.15) is 0 Å². The van der Waals surface area contributed by atoms with Crippen LogP contribution in [0.15, 0.2) is 83.5 Å². The van der Waals surface area contributed by atoms with Crippen molar-refractivity contribution < 1.29 is 13.9 Å². The number of esters is 1. The molecule has 1 saturated carbocycles. The van der Waals surface area contributed by atoms with Crippen LogP contribution in [0.5, 0.6) is 0 Å². The Bertz CT molecular complexity index is 983. The molecule has 2 atom stereocenters. The van der Waals surface area contributed by atoms with E-state index in [1.807, 2.05) is 42.5 Å². The number of rotatable bonds is 7. The van der Waals surface area contributed by atoms with E-state index in [1.54, 1.807) is 6.26 Å². The highest BCUT2D eigenvalue weighted by molar-refractivity contribution is 5.78. The summed E-state index contributed by atoms with van der Waals surface area (Å²) in [5, 5.41) is 0. The van der Waals surface area contributed by atoms with E-state index in [0.717, 1.165) is 23.3 Å². The number of hydrogen-bond donors (Lipinski definition) is 0. The first-order chi connectivity index (χ1) is 14.0. The Labute approximate surface area is 172 Å². The van der Waals surface area contributed by atoms with Crippen molar-refractivity contribution >= 4 is 12.0 Å². The van der Waals surface area contributed by atoms with Crippen molar-refractivity contribution in [3.8, 4) is 0 Å². The molecule has 1 aromatic heterocycles. The molecule has 0 N–H and O–H groups in total. The average molecular weight is 386 g/mol. The largest absolute Gasteiger partial charge is 0.469 e. The van der Waals surface area contributed by atoms with Crippen molar-refractivity contribution in [3.63, 3.8) is 0 Å². The fourth-order valence-electron chi connectivity index (χ4n) is 3.90. The highest BCUT2D eigenvalue weighted by Gasteiger charge is 2.61. The number of hydrogen-bond acceptors (Lipinski definition) is 3. The molecule has 4 rings (SSSR count). The maximum Gasteiger partial charge on any atom is 0.310 e. The normalized spacial score (nSPS) is 19.9. The summed E-state index contributed by atoms with van der Waals surface area (Å²) in [6.45, 7) is 4.49. The number of benzene rings is 2. The maximum atomic E-state index is 12.6. The summed E-state index contributed by atoms with van der Waals surface area (Å²) in [5.74, 6) is 0.840. The molecule has 0 amide bonds. The fourth-order valence-corrected chi connectivity index (χ4v) is 3.90. The number of carbonyl (C=O) groups is 1. The molecule has 0 saturated heterocycles. The minimum absolute atomic E-state index is 0.0722. The number of carbonyl (C=O) groups excluding carboxylic acids is 1. The van der Waals surface area contributed by atoms with Gasteiger partial charge in [0, 0.05) is 12.0 Å². The van der Waals surface area contributed by atoms with Crippen molar-refractivity contribution in [2.75, 3.05) is 0 Å². The molecule has 3 aromatic rings. The lowest BCUT2D eigenvalue weighted by Gasteiger charge is -2.03. The zero-order valence-corrected chi connectivity index (χ0v) is 16.9. The third-order valence-corrected chi connectivity index (χ3v) is 5.77. The zero-order chi connectivity index (χ0) is 20.3. The van der Waals surface area contributed by atoms with Gasteiger partial charge in [0.2, 0.25) is 0 Å². The summed E-state index contributed by atoms with van der Waals surface area (Å²) in [7, 11) is 0. The predicted molar refractivity (Wildman–Crippen MR) is 114 cm³/mol. The van der Waals surface area contributed by atoms with E-state index in [1.165, 1.54) is 5.56 Å². The Morgan fingerprint density at radius 1 is 1.03 bits per heavy atom. The molecule has 29 heavy (non-hydrogen) atoms. The van der Waals surface area contributed by atoms with Gasteiger partial charge in [0.15, 0.2) is 0 Å². The van der Waals surface area contributed by atoms with Crippen LogP contribution in [-0.2, 0) is 22.6 Å². The smallest absolute Gasteiger partial charge is 0.310 e. The Balaban J connectivity index is 1.31. The van der Waals surface area contributed by atoms with Crippen LogP contribution in [0.1, 0.15) is 36.3 Å². The standard InChI is InChI=1S/C26H26O3/c1-26(2)23(14-13-19-9-5-3-6-10-19)24(26)25(27)29-18-21-16-22(28-17-21)15-20-11-7-4-8-12-20/h3-14,16-17,23-24H,15,18H2,1-2H3/b14-13+. The number of ether oxygens (including phenoxy) is 1. The molecule has 2 unspecified atom stereocenters. The molecule has 2 aromatic carbocycles. The lowest BCUT2D eigenvalue weighted by Crippen LogP contribution is -2.10. The van der Waals surface area contributed by atoms with E-state index in [0.29, 0.717) is 0 Å². The quantitative estimate of drug-likeness (QED) is 0.475. The fraction of sp³-hybridized carbons (Fsp3) is 0.269. The molecule has 3 heteroatoms. The first kappa shape index (κ1) is 19.3. The molecule has 0 radical (unpaired) electrons. The zero-order valence-electron chi connectivity index (χ0n) is 16.9. The first-order valence-corrected chi connectivity index (χ1v) is 10.0. The first-order valence-electron chi connectivity index (χ1n) is 10.0. The topological polar surface area (TPSA) is 39.4 Å². The minimum Gasteiger partial charge on any atom is -0.469 e. The van der Waals surface area contributed by atoms with Crippen LogP contribution in [0.2, 0.25) is 0 Å². The van der Waals surface area contributed by atoms with Gasteiger partial charge in [-0.05, 0) is 28.5 Å². The summed E-state index contributed by atoms with van der Waals surface area (Å²) in [5.41, 5.74) is 3.15. The molecular formula is C26H26O3. The van der Waals surface area contributed by atoms with Gasteiger partial charge in [-0.15, -0.1) is 0 Å². The maximum absolute atomic E-state index is 12.6. The van der Waals surface area contributed by atoms with Gasteiger partial charge >= 0.3 is 5.97 Å². The average Bonchev–Trinajstić information content (AvgIpc) is 3.04. The lowest BCUT2D eigenvalue weighted by molar-refractivity contribution is -0.147. The molecule has 1 heterocycles. The predicted octanol–water partition coefficient (Wildman–Crippen LogP) is 5.90. The second-order valence-electron chi connectivity index (χ2n) is 8.29. The van der Waals surface area contributed by atoms with Crippen LogP contribution in [-0.4, -0.2) is 5.97 Å². The molecule has 0 bridgehead atoms. The molecular weight excluding hydrogens is 360 g/mol. The van der Waals surface area contributed by atoms with E-state index in [4.69, 9.17) is 9.15 Å². The van der Waals surface area contributed by atoms with Crippen LogP contribution in [0.3, 0.4) is 0 Å². The van der Waals surface area contributed by atoms with Gasteiger partial charge in [-0.1, -0.05) is 86.7 Å². The van der Waals surface area contributed by atoms with Gasteiger partial charge < -0.3 is 9.15 Å². The SMILES string of the molecule is CC1(C)C(/C=C/c2ccccc2)C1C(=O)OCc1coc(Cc2ccccc2)c1. The highest BCUT2D eigenvalue weighted by Crippen LogP contribution is 2.59. The van der Waals surface area contributed by atoms with Crippen LogP contribution in [0.25, 0.3) is 6.08 Å². The van der Waals surface area contributed by atoms with Crippen molar-refractivity contribution in [2.45, 2.75) is 26.9 Å². The van der Waals surface area contributed by atoms with Gasteiger partial charge in [0.25, 0.3) is 0 Å². The minimum atomic E-state index is -0.136. The molecule has 1 fully saturated rings. The third-order valence-electron chi connectivity index (χ3n) is 5.77. The lowest BCUT2D eigenvalue weighted by atomic mass is 10.1. The Hall–Kier alpha value is -3.07. The van der Waals surface area contributed by atoms with E-state index in [2.05, 4.69) is 50.3 Å². The van der Waals surface area contributed by atoms with E-state index >= 15 is 0 Å². The van der Waals surface area contributed by atoms with Crippen LogP contribution in [0.4, 0.5) is 0 Å². The Morgan fingerprint density at radius 3 is 2.45 bits per heavy atom. The highest BCUT2D eigenvalue weighted by atomic mass is 16.5. The van der Waals surface area contributed by atoms with Crippen LogP contribution in [0, 0.1) is 17.3 Å². The third kappa shape index (κ3) is 4.51. The van der Waals surface area contributed by atoms with E-state index in [-0.39, 0.29) is 29.8 Å². The number of furan rings is 1. The summed E-state index contributed by atoms with van der Waals surface area (Å²) >= 11 is 0.